The van der Waals surface area contributed by atoms with Crippen molar-refractivity contribution in [3.8, 4) is 0 Å². The molecule has 0 bridgehead atoms. The molecule has 3 amide bonds. The van der Waals surface area contributed by atoms with Crippen LogP contribution in [0.5, 0.6) is 0 Å². The minimum atomic E-state index is -1.30. The second-order valence-electron chi connectivity index (χ2n) is 9.44. The van der Waals surface area contributed by atoms with Gasteiger partial charge in [-0.2, -0.15) is 0 Å². The van der Waals surface area contributed by atoms with E-state index in [1.54, 1.807) is 6.20 Å². The SMILES string of the molecule is NC(CO)C(=O)NC(Cc1cnc[nH]1)C(=O)NC(Cc1cnc[nH]1)C(=O)NC(Cc1c[nH]c2ccccc12)C(=O)O. The molecule has 3 aromatic heterocycles. The first kappa shape index (κ1) is 29.0. The number of nitrogens with one attached hydrogen (secondary N) is 6. The summed E-state index contributed by atoms with van der Waals surface area (Å²) in [6.07, 6.45) is 7.36. The average molecular weight is 566 g/mol. The van der Waals surface area contributed by atoms with Gasteiger partial charge in [0.2, 0.25) is 17.7 Å². The molecule has 15 nitrogen and oxygen atoms in total. The van der Waals surface area contributed by atoms with Crippen molar-refractivity contribution in [2.24, 2.45) is 5.73 Å². The van der Waals surface area contributed by atoms with Crippen molar-refractivity contribution >= 4 is 34.6 Å². The van der Waals surface area contributed by atoms with E-state index in [1.807, 2.05) is 24.3 Å². The highest BCUT2D eigenvalue weighted by molar-refractivity contribution is 5.94. The first-order valence-electron chi connectivity index (χ1n) is 12.7. The summed E-state index contributed by atoms with van der Waals surface area (Å²) in [4.78, 5) is 68.0. The van der Waals surface area contributed by atoms with Gasteiger partial charge in [0.15, 0.2) is 0 Å². The molecule has 4 rings (SSSR count). The van der Waals surface area contributed by atoms with Crippen LogP contribution in [0.3, 0.4) is 0 Å². The van der Waals surface area contributed by atoms with Gasteiger partial charge in [0, 0.05) is 60.1 Å². The Balaban J connectivity index is 1.53. The Hall–Kier alpha value is -5.02. The molecule has 4 aromatic rings. The number of amides is 3. The van der Waals surface area contributed by atoms with Crippen LogP contribution in [0.25, 0.3) is 10.9 Å². The van der Waals surface area contributed by atoms with Gasteiger partial charge in [-0.05, 0) is 11.6 Å². The number of aliphatic hydroxyl groups excluding tert-OH is 1. The van der Waals surface area contributed by atoms with E-state index in [0.29, 0.717) is 17.0 Å². The summed E-state index contributed by atoms with van der Waals surface area (Å²) in [7, 11) is 0. The highest BCUT2D eigenvalue weighted by Gasteiger charge is 2.31. The van der Waals surface area contributed by atoms with Crippen molar-refractivity contribution in [2.45, 2.75) is 43.4 Å². The van der Waals surface area contributed by atoms with Crippen LogP contribution in [-0.2, 0) is 38.4 Å². The average Bonchev–Trinajstić information content (AvgIpc) is 3.74. The molecular formula is C26H31N9O6. The summed E-state index contributed by atoms with van der Waals surface area (Å²) in [6.45, 7) is -0.637. The number of imidazole rings is 2. The highest BCUT2D eigenvalue weighted by Crippen LogP contribution is 2.19. The lowest BCUT2D eigenvalue weighted by Gasteiger charge is -2.25. The van der Waals surface area contributed by atoms with Crippen molar-refractivity contribution in [3.63, 3.8) is 0 Å². The van der Waals surface area contributed by atoms with Gasteiger partial charge in [-0.3, -0.25) is 14.4 Å². The summed E-state index contributed by atoms with van der Waals surface area (Å²) < 4.78 is 0. The van der Waals surface area contributed by atoms with Crippen LogP contribution in [0.4, 0.5) is 0 Å². The van der Waals surface area contributed by atoms with E-state index in [0.717, 1.165) is 10.9 Å². The monoisotopic (exact) mass is 565 g/mol. The lowest BCUT2D eigenvalue weighted by atomic mass is 10.0. The molecule has 0 aliphatic heterocycles. The van der Waals surface area contributed by atoms with Gasteiger partial charge < -0.3 is 46.8 Å². The number of hydrogen-bond acceptors (Lipinski definition) is 8. The molecule has 0 saturated heterocycles. The molecule has 15 heteroatoms. The third-order valence-electron chi connectivity index (χ3n) is 6.47. The minimum absolute atomic E-state index is 0.00658. The molecule has 4 atom stereocenters. The quantitative estimate of drug-likeness (QED) is 0.0862. The molecule has 4 unspecified atom stereocenters. The second kappa shape index (κ2) is 13.4. The van der Waals surface area contributed by atoms with Crippen LogP contribution < -0.4 is 21.7 Å². The van der Waals surface area contributed by atoms with Crippen LogP contribution in [-0.4, -0.2) is 89.6 Å². The molecule has 10 N–H and O–H groups in total. The van der Waals surface area contributed by atoms with Crippen LogP contribution in [0.15, 0.2) is 55.5 Å². The van der Waals surface area contributed by atoms with Crippen molar-refractivity contribution in [1.29, 1.82) is 0 Å². The fraction of sp³-hybridized carbons (Fsp3) is 0.308. The number of carboxylic acids is 1. The molecule has 0 aliphatic carbocycles. The van der Waals surface area contributed by atoms with Gasteiger partial charge in [-0.1, -0.05) is 18.2 Å². The van der Waals surface area contributed by atoms with Gasteiger partial charge in [0.1, 0.15) is 24.2 Å². The molecule has 0 spiro atoms. The number of aromatic nitrogens is 5. The number of rotatable bonds is 14. The summed E-state index contributed by atoms with van der Waals surface area (Å²) >= 11 is 0. The molecule has 0 radical (unpaired) electrons. The first-order chi connectivity index (χ1) is 19.7. The Bertz CT molecular complexity index is 1470. The van der Waals surface area contributed by atoms with E-state index >= 15 is 0 Å². The third-order valence-corrected chi connectivity index (χ3v) is 6.47. The lowest BCUT2D eigenvalue weighted by Crippen LogP contribution is -2.58. The Morgan fingerprint density at radius 1 is 0.805 bits per heavy atom. The van der Waals surface area contributed by atoms with Crippen LogP contribution in [0, 0.1) is 0 Å². The summed E-state index contributed by atoms with van der Waals surface area (Å²) in [5, 5.41) is 27.6. The number of nitrogens with zero attached hydrogens (tertiary/aromatic N) is 2. The number of fused-ring (bicyclic) bond motifs is 1. The van der Waals surface area contributed by atoms with E-state index in [-0.39, 0.29) is 19.3 Å². The molecule has 216 valence electrons. The number of carbonyl (C=O) groups is 4. The molecule has 1 aromatic carbocycles. The fourth-order valence-corrected chi connectivity index (χ4v) is 4.28. The third kappa shape index (κ3) is 7.55. The van der Waals surface area contributed by atoms with E-state index in [2.05, 4.69) is 40.9 Å². The molecule has 41 heavy (non-hydrogen) atoms. The van der Waals surface area contributed by atoms with Crippen molar-refractivity contribution < 1.29 is 29.4 Å². The number of nitrogens with two attached hydrogens (primary N) is 1. The Labute approximate surface area is 233 Å². The maximum absolute atomic E-state index is 13.4. The van der Waals surface area contributed by atoms with Crippen LogP contribution >= 0.6 is 0 Å². The first-order valence-corrected chi connectivity index (χ1v) is 12.7. The Morgan fingerprint density at radius 2 is 1.37 bits per heavy atom. The van der Waals surface area contributed by atoms with E-state index in [1.165, 1.54) is 25.0 Å². The molecule has 0 saturated carbocycles. The van der Waals surface area contributed by atoms with Crippen molar-refractivity contribution in [3.05, 3.63) is 72.5 Å². The smallest absolute Gasteiger partial charge is 0.326 e. The van der Waals surface area contributed by atoms with E-state index in [4.69, 9.17) is 5.73 Å². The summed E-state index contributed by atoms with van der Waals surface area (Å²) in [5.41, 5.74) is 8.15. The standard InChI is InChI=1S/C26H31N9O6/c27-18(11-36)23(37)33-20(6-15-9-28-12-31-15)24(38)34-21(7-16-10-29-13-32-16)25(39)35-22(26(40)41)5-14-8-30-19-4-2-1-3-17(14)19/h1-4,8-10,12-13,18,20-22,30,36H,5-7,11,27H2,(H,28,31)(H,29,32)(H,33,37)(H,34,38)(H,35,39)(H,40,41). The summed E-state index contributed by atoms with van der Waals surface area (Å²) in [6, 6.07) is 2.38. The van der Waals surface area contributed by atoms with Gasteiger partial charge >= 0.3 is 5.97 Å². The zero-order valence-corrected chi connectivity index (χ0v) is 21.8. The zero-order chi connectivity index (χ0) is 29.4. The lowest BCUT2D eigenvalue weighted by molar-refractivity contribution is -0.142. The van der Waals surface area contributed by atoms with Crippen LogP contribution in [0.1, 0.15) is 17.0 Å². The number of para-hydroxylation sites is 1. The number of hydrogen-bond donors (Lipinski definition) is 9. The predicted molar refractivity (Wildman–Crippen MR) is 145 cm³/mol. The molecule has 3 heterocycles. The Morgan fingerprint density at radius 3 is 1.90 bits per heavy atom. The van der Waals surface area contributed by atoms with Crippen molar-refractivity contribution in [2.75, 3.05) is 6.61 Å². The summed E-state index contributed by atoms with van der Waals surface area (Å²) in [5.74, 6) is -3.51. The molecule has 0 aliphatic rings. The second-order valence-corrected chi connectivity index (χ2v) is 9.44. The number of aliphatic carboxylic acids is 1. The zero-order valence-electron chi connectivity index (χ0n) is 21.8. The number of carboxylic acid groups (broad SMARTS) is 1. The maximum atomic E-state index is 13.4. The predicted octanol–water partition coefficient (Wildman–Crippen LogP) is -1.50. The Kier molecular flexibility index (Phi) is 9.44. The topological polar surface area (TPSA) is 244 Å². The molecule has 0 fully saturated rings. The largest absolute Gasteiger partial charge is 0.480 e. The fourth-order valence-electron chi connectivity index (χ4n) is 4.28. The minimum Gasteiger partial charge on any atom is -0.480 e. The number of carbonyl (C=O) groups excluding carboxylic acids is 3. The van der Waals surface area contributed by atoms with Gasteiger partial charge in [-0.15, -0.1) is 0 Å². The maximum Gasteiger partial charge on any atom is 0.326 e. The van der Waals surface area contributed by atoms with Gasteiger partial charge in [0.05, 0.1) is 19.3 Å². The number of aromatic amines is 3. The van der Waals surface area contributed by atoms with Gasteiger partial charge in [-0.25, -0.2) is 14.8 Å². The highest BCUT2D eigenvalue weighted by atomic mass is 16.4. The van der Waals surface area contributed by atoms with Gasteiger partial charge in [0.25, 0.3) is 0 Å². The normalized spacial score (nSPS) is 14.1. The molecular weight excluding hydrogens is 534 g/mol. The van der Waals surface area contributed by atoms with Crippen LogP contribution in [0.2, 0.25) is 0 Å². The number of aliphatic hydroxyl groups is 1. The number of benzene rings is 1. The van der Waals surface area contributed by atoms with Crippen molar-refractivity contribution in [1.82, 2.24) is 40.9 Å². The number of H-pyrrole nitrogens is 3. The van der Waals surface area contributed by atoms with E-state index in [9.17, 15) is 29.4 Å². The van der Waals surface area contributed by atoms with E-state index < -0.39 is 54.5 Å².